The van der Waals surface area contributed by atoms with Crippen LogP contribution in [0, 0.1) is 0 Å². The van der Waals surface area contributed by atoms with Crippen LogP contribution in [0.15, 0.2) is 70.7 Å². The molecular weight excluding hydrogens is 711 g/mol. The Morgan fingerprint density at radius 3 is 1.15 bits per heavy atom. The molecule has 2 aromatic rings. The summed E-state index contributed by atoms with van der Waals surface area (Å²) < 4.78 is 0. The van der Waals surface area contributed by atoms with Crippen LogP contribution >= 0.6 is 0 Å². The van der Waals surface area contributed by atoms with Crippen LogP contribution in [0.1, 0.15) is 231 Å². The molecule has 0 aliphatic carbocycles. The minimum absolute atomic E-state index is 0. The predicted octanol–water partition coefficient (Wildman–Crippen LogP) is 18.0. The van der Waals surface area contributed by atoms with E-state index in [2.05, 4.69) is 88.4 Å². The van der Waals surface area contributed by atoms with E-state index >= 15 is 0 Å². The van der Waals surface area contributed by atoms with Crippen molar-refractivity contribution in [3.8, 4) is 0 Å². The molecule has 0 amide bonds. The summed E-state index contributed by atoms with van der Waals surface area (Å²) in [5.74, 6) is 0. The molecule has 0 fully saturated rings. The molecule has 0 unspecified atom stereocenters. The van der Waals surface area contributed by atoms with Crippen LogP contribution in [0.25, 0.3) is 0 Å². The van der Waals surface area contributed by atoms with Crippen LogP contribution in [0.2, 0.25) is 0 Å². The summed E-state index contributed by atoms with van der Waals surface area (Å²) >= 11 is 0. The van der Waals surface area contributed by atoms with Gasteiger partial charge in [-0.1, -0.05) is 212 Å². The first-order valence-electron chi connectivity index (χ1n) is 23.7. The molecule has 2 aromatic carbocycles. The second-order valence-electron chi connectivity index (χ2n) is 16.3. The van der Waals surface area contributed by atoms with Gasteiger partial charge in [-0.2, -0.15) is 0 Å². The van der Waals surface area contributed by atoms with E-state index in [1.807, 2.05) is 0 Å². The van der Waals surface area contributed by atoms with Crippen molar-refractivity contribution in [3.63, 3.8) is 0 Å². The van der Waals surface area contributed by atoms with Gasteiger partial charge in [0.15, 0.2) is 0 Å². The fraction of sp³-hybridized carbons (Fsp3) is 0.692. The Labute approximate surface area is 352 Å². The van der Waals surface area contributed by atoms with Crippen molar-refractivity contribution in [2.75, 3.05) is 0 Å². The van der Waals surface area contributed by atoms with Crippen molar-refractivity contribution in [1.82, 2.24) is 0 Å². The molecule has 2 rings (SSSR count). The van der Waals surface area contributed by atoms with Gasteiger partial charge in [0.2, 0.25) is 0 Å². The summed E-state index contributed by atoms with van der Waals surface area (Å²) in [6, 6.07) is 18.1. The Hall–Kier alpha value is -1.99. The number of benzene rings is 2. The van der Waals surface area contributed by atoms with Crippen molar-refractivity contribution < 1.29 is 16.5 Å². The normalized spacial score (nSPS) is 12.1. The number of aryl methyl sites for hydroxylation is 2. The predicted molar refractivity (Wildman–Crippen MR) is 245 cm³/mol. The van der Waals surface area contributed by atoms with Crippen LogP contribution in [-0.4, -0.2) is 11.4 Å². The Balaban J connectivity index is 0.0000151. The molecule has 0 heterocycles. The standard InChI is InChI=1S/C52H86N2.Ni/c1-5-9-13-16-19-21-23-25-27-29-32-35-47-39-43-49(44-40-47)53-51(37-12-8-4)52(38-34-31-18-15-11-7-3)54-50-45-41-48(42-46-50)36-33-30-28-26-24-22-20-17-14-10-6-2;/h34,38-46H,5-33,35-37H2,1-4H3;/b38-34+,53-51?,54-52?;. The number of rotatable bonds is 36. The Bertz CT molecular complexity index is 1210. The van der Waals surface area contributed by atoms with Gasteiger partial charge in [-0.3, -0.25) is 4.99 Å². The first kappa shape index (κ1) is 51.0. The van der Waals surface area contributed by atoms with Crippen LogP contribution in [0.4, 0.5) is 11.4 Å². The third kappa shape index (κ3) is 28.1. The number of hydrogen-bond acceptors (Lipinski definition) is 2. The van der Waals surface area contributed by atoms with Crippen molar-refractivity contribution in [3.05, 3.63) is 71.8 Å². The topological polar surface area (TPSA) is 24.7 Å². The third-order valence-electron chi connectivity index (χ3n) is 11.1. The SMILES string of the molecule is CCCCCC/C=C/C(=Nc1ccc(CCCCCCCCCCCCC)cc1)C(CCCC)=Nc1ccc(CCCCCCCCCCCCC)cc1.[Ni]. The third-order valence-corrected chi connectivity index (χ3v) is 11.1. The van der Waals surface area contributed by atoms with E-state index in [0.29, 0.717) is 0 Å². The second kappa shape index (κ2) is 37.6. The van der Waals surface area contributed by atoms with Gasteiger partial charge in [0, 0.05) is 16.5 Å². The largest absolute Gasteiger partial charge is 0.251 e. The van der Waals surface area contributed by atoms with E-state index in [0.717, 1.165) is 48.5 Å². The Morgan fingerprint density at radius 2 is 0.745 bits per heavy atom. The average molecular weight is 798 g/mol. The van der Waals surface area contributed by atoms with Crippen LogP contribution < -0.4 is 0 Å². The molecule has 0 aliphatic rings. The van der Waals surface area contributed by atoms with Crippen LogP contribution in [0.5, 0.6) is 0 Å². The number of allylic oxidation sites excluding steroid dienone is 2. The van der Waals surface area contributed by atoms with Crippen molar-refractivity contribution in [2.24, 2.45) is 9.98 Å². The fourth-order valence-corrected chi connectivity index (χ4v) is 7.42. The molecule has 0 aliphatic heterocycles. The van der Waals surface area contributed by atoms with E-state index in [4.69, 9.17) is 9.98 Å². The number of unbranched alkanes of at least 4 members (excludes halogenated alkanes) is 25. The molecule has 3 heteroatoms. The molecule has 314 valence electrons. The molecule has 0 atom stereocenters. The summed E-state index contributed by atoms with van der Waals surface area (Å²) in [5.41, 5.74) is 7.11. The van der Waals surface area contributed by atoms with Crippen LogP contribution in [-0.2, 0) is 29.3 Å². The zero-order chi connectivity index (χ0) is 38.6. The maximum absolute atomic E-state index is 5.27. The summed E-state index contributed by atoms with van der Waals surface area (Å²) in [6.45, 7) is 9.16. The Kier molecular flexibility index (Phi) is 34.9. The summed E-state index contributed by atoms with van der Waals surface area (Å²) in [5, 5.41) is 0. The van der Waals surface area contributed by atoms with E-state index in [1.54, 1.807) is 0 Å². The van der Waals surface area contributed by atoms with Crippen molar-refractivity contribution in [1.29, 1.82) is 0 Å². The molecule has 55 heavy (non-hydrogen) atoms. The Morgan fingerprint density at radius 1 is 0.400 bits per heavy atom. The minimum atomic E-state index is 0. The van der Waals surface area contributed by atoms with Gasteiger partial charge >= 0.3 is 0 Å². The first-order valence-corrected chi connectivity index (χ1v) is 23.7. The van der Waals surface area contributed by atoms with Crippen molar-refractivity contribution in [2.45, 2.75) is 233 Å². The van der Waals surface area contributed by atoms with Gasteiger partial charge < -0.3 is 0 Å². The van der Waals surface area contributed by atoms with E-state index in [9.17, 15) is 0 Å². The molecule has 2 nitrogen and oxygen atoms in total. The minimum Gasteiger partial charge on any atom is -0.251 e. The van der Waals surface area contributed by atoms with E-state index < -0.39 is 0 Å². The quantitative estimate of drug-likeness (QED) is 0.0373. The van der Waals surface area contributed by atoms with Crippen molar-refractivity contribution >= 4 is 22.8 Å². The molecule has 0 aromatic heterocycles. The van der Waals surface area contributed by atoms with Gasteiger partial charge in [-0.25, -0.2) is 4.99 Å². The van der Waals surface area contributed by atoms with E-state index in [1.165, 1.54) is 191 Å². The zero-order valence-corrected chi connectivity index (χ0v) is 37.6. The fourth-order valence-electron chi connectivity index (χ4n) is 7.42. The molecule has 0 spiro atoms. The second-order valence-corrected chi connectivity index (χ2v) is 16.3. The zero-order valence-electron chi connectivity index (χ0n) is 36.6. The number of hydrogen-bond donors (Lipinski definition) is 0. The maximum Gasteiger partial charge on any atom is 0.0848 e. The smallest absolute Gasteiger partial charge is 0.0848 e. The van der Waals surface area contributed by atoms with Gasteiger partial charge in [0.1, 0.15) is 0 Å². The molecule has 0 saturated heterocycles. The van der Waals surface area contributed by atoms with Gasteiger partial charge in [-0.15, -0.1) is 0 Å². The maximum atomic E-state index is 5.27. The van der Waals surface area contributed by atoms with Gasteiger partial charge in [0.05, 0.1) is 22.8 Å². The number of aliphatic imine (C=N–C) groups is 2. The molecule has 0 N–H and O–H groups in total. The molecule has 0 saturated carbocycles. The number of nitrogens with zero attached hydrogens (tertiary/aromatic N) is 2. The monoisotopic (exact) mass is 797 g/mol. The summed E-state index contributed by atoms with van der Waals surface area (Å²) in [7, 11) is 0. The average Bonchev–Trinajstić information content (AvgIpc) is 3.19. The summed E-state index contributed by atoms with van der Waals surface area (Å²) in [6.07, 6.45) is 47.1. The summed E-state index contributed by atoms with van der Waals surface area (Å²) in [4.78, 5) is 10.5. The van der Waals surface area contributed by atoms with Crippen LogP contribution in [0.3, 0.4) is 0 Å². The molecular formula is C52H86N2Ni. The molecule has 0 radical (unpaired) electrons. The first-order chi connectivity index (χ1) is 26.7. The van der Waals surface area contributed by atoms with E-state index in [-0.39, 0.29) is 16.5 Å². The molecule has 0 bridgehead atoms. The van der Waals surface area contributed by atoms with Gasteiger partial charge in [-0.05, 0) is 92.8 Å². The van der Waals surface area contributed by atoms with Gasteiger partial charge in [0.25, 0.3) is 0 Å².